The van der Waals surface area contributed by atoms with E-state index in [4.69, 9.17) is 20.2 Å². The summed E-state index contributed by atoms with van der Waals surface area (Å²) in [4.78, 5) is 69.7. The standard InChI is InChI=1S/C34H32N4O8/c1-2-34(46-28(39)13-12-26(32(42)43)37-30(40)24(35)14-19-8-4-3-5-9-19)23-16-27-29-21(15-20-10-6-7-11-25(20)36-29)17-38(27)31(41)22(23)18-45-33(34)44/h3-11,15-16,24,26H,2,12-14,17-18,35H2,1H3,(H,37,40)(H,42,43)/t24-,26-,34+/m1/s1. The van der Waals surface area contributed by atoms with Crippen molar-refractivity contribution in [3.8, 4) is 11.4 Å². The number of carboxylic acid groups (broad SMARTS) is 1. The summed E-state index contributed by atoms with van der Waals surface area (Å²) in [5.74, 6) is -3.77. The van der Waals surface area contributed by atoms with Crippen LogP contribution in [0.4, 0.5) is 0 Å². The quantitative estimate of drug-likeness (QED) is 0.196. The van der Waals surface area contributed by atoms with Crippen molar-refractivity contribution in [3.05, 3.63) is 99.3 Å². The average Bonchev–Trinajstić information content (AvgIpc) is 3.41. The van der Waals surface area contributed by atoms with E-state index < -0.39 is 47.9 Å². The van der Waals surface area contributed by atoms with Crippen molar-refractivity contribution >= 4 is 34.7 Å². The van der Waals surface area contributed by atoms with Crippen molar-refractivity contribution < 1.29 is 33.8 Å². The molecule has 2 aromatic carbocycles. The molecule has 0 radical (unpaired) electrons. The number of fused-ring (bicyclic) bond motifs is 5. The molecule has 4 N–H and O–H groups in total. The van der Waals surface area contributed by atoms with Crippen LogP contribution in [-0.4, -0.2) is 50.6 Å². The number of hydrogen-bond acceptors (Lipinski definition) is 9. The Hall–Kier alpha value is -5.36. The van der Waals surface area contributed by atoms with E-state index in [9.17, 15) is 29.1 Å². The van der Waals surface area contributed by atoms with E-state index in [-0.39, 0.29) is 42.6 Å². The molecule has 6 rings (SSSR count). The summed E-state index contributed by atoms with van der Waals surface area (Å²) >= 11 is 0. The fraction of sp³-hybridized carbons (Fsp3) is 0.294. The van der Waals surface area contributed by atoms with Gasteiger partial charge < -0.3 is 30.2 Å². The summed E-state index contributed by atoms with van der Waals surface area (Å²) in [5.41, 5.74) is 7.59. The number of amides is 1. The number of nitrogens with zero attached hydrogens (tertiary/aromatic N) is 2. The predicted molar refractivity (Wildman–Crippen MR) is 165 cm³/mol. The van der Waals surface area contributed by atoms with Gasteiger partial charge in [-0.15, -0.1) is 0 Å². The second kappa shape index (κ2) is 12.2. The van der Waals surface area contributed by atoms with E-state index >= 15 is 0 Å². The van der Waals surface area contributed by atoms with Crippen LogP contribution in [0.2, 0.25) is 0 Å². The number of esters is 2. The molecule has 2 aromatic heterocycles. The highest BCUT2D eigenvalue weighted by Crippen LogP contribution is 2.41. The number of ether oxygens (including phenoxy) is 2. The number of aliphatic carboxylic acids is 1. The Morgan fingerprint density at radius 2 is 1.85 bits per heavy atom. The molecule has 0 aliphatic carbocycles. The van der Waals surface area contributed by atoms with Gasteiger partial charge in [-0.1, -0.05) is 55.5 Å². The summed E-state index contributed by atoms with van der Waals surface area (Å²) in [5, 5.41) is 13.1. The molecule has 0 fully saturated rings. The Morgan fingerprint density at radius 3 is 2.59 bits per heavy atom. The number of hydrogen-bond donors (Lipinski definition) is 3. The van der Waals surface area contributed by atoms with Gasteiger partial charge in [0.25, 0.3) is 5.56 Å². The number of carbonyl (C=O) groups excluding carboxylic acids is 3. The maximum atomic E-state index is 13.7. The minimum atomic E-state index is -1.93. The molecule has 3 atom stereocenters. The van der Waals surface area contributed by atoms with Gasteiger partial charge in [0.05, 0.1) is 35.1 Å². The molecule has 46 heavy (non-hydrogen) atoms. The normalized spacial score (nSPS) is 17.7. The van der Waals surface area contributed by atoms with E-state index in [1.807, 2.05) is 36.4 Å². The fourth-order valence-electron chi connectivity index (χ4n) is 6.09. The third-order valence-corrected chi connectivity index (χ3v) is 8.56. The molecule has 4 aromatic rings. The molecule has 2 aliphatic heterocycles. The maximum Gasteiger partial charge on any atom is 0.355 e. The monoisotopic (exact) mass is 624 g/mol. The Morgan fingerprint density at radius 1 is 1.11 bits per heavy atom. The molecule has 0 bridgehead atoms. The molecule has 4 heterocycles. The summed E-state index contributed by atoms with van der Waals surface area (Å²) in [6.07, 6.45) is -0.618. The lowest BCUT2D eigenvalue weighted by Crippen LogP contribution is -2.50. The van der Waals surface area contributed by atoms with Crippen molar-refractivity contribution in [3.63, 3.8) is 0 Å². The number of benzene rings is 2. The van der Waals surface area contributed by atoms with Crippen molar-refractivity contribution in [2.45, 2.75) is 63.4 Å². The minimum absolute atomic E-state index is 0.0428. The van der Waals surface area contributed by atoms with E-state index in [2.05, 4.69) is 5.32 Å². The first kappa shape index (κ1) is 30.7. The Labute approximate surface area is 263 Å². The number of aromatic nitrogens is 2. The van der Waals surface area contributed by atoms with Crippen LogP contribution < -0.4 is 16.6 Å². The smallest absolute Gasteiger partial charge is 0.355 e. The summed E-state index contributed by atoms with van der Waals surface area (Å²) < 4.78 is 12.7. The molecule has 0 spiro atoms. The van der Waals surface area contributed by atoms with Gasteiger partial charge in [-0.05, 0) is 43.0 Å². The second-order valence-corrected chi connectivity index (χ2v) is 11.5. The first-order valence-corrected chi connectivity index (χ1v) is 15.0. The van der Waals surface area contributed by atoms with Gasteiger partial charge in [0, 0.05) is 22.9 Å². The molecule has 12 nitrogen and oxygen atoms in total. The van der Waals surface area contributed by atoms with Crippen LogP contribution in [0.3, 0.4) is 0 Å². The average molecular weight is 625 g/mol. The minimum Gasteiger partial charge on any atom is -0.480 e. The van der Waals surface area contributed by atoms with Crippen molar-refractivity contribution in [1.82, 2.24) is 14.9 Å². The predicted octanol–water partition coefficient (Wildman–Crippen LogP) is 2.55. The number of cyclic esters (lactones) is 1. The molecule has 12 heteroatoms. The SMILES string of the molecule is CC[C@@]1(OC(=O)CC[C@@H](NC(=O)[C@H](N)Cc2ccccc2)C(=O)O)C(=O)OCc2c1cc1n(c2=O)Cc2cc3ccccc3nc2-1. The van der Waals surface area contributed by atoms with Crippen LogP contribution in [0, 0.1) is 0 Å². The van der Waals surface area contributed by atoms with Crippen molar-refractivity contribution in [2.75, 3.05) is 0 Å². The zero-order valence-corrected chi connectivity index (χ0v) is 25.0. The largest absolute Gasteiger partial charge is 0.480 e. The summed E-state index contributed by atoms with van der Waals surface area (Å²) in [6, 6.07) is 17.8. The molecule has 236 valence electrons. The van der Waals surface area contributed by atoms with Crippen molar-refractivity contribution in [1.29, 1.82) is 0 Å². The third-order valence-electron chi connectivity index (χ3n) is 8.56. The van der Waals surface area contributed by atoms with E-state index in [0.29, 0.717) is 17.9 Å². The second-order valence-electron chi connectivity index (χ2n) is 11.5. The van der Waals surface area contributed by atoms with Crippen LogP contribution in [0.15, 0.2) is 71.5 Å². The number of nitrogens with two attached hydrogens (primary N) is 1. The first-order chi connectivity index (χ1) is 22.1. The lowest BCUT2D eigenvalue weighted by atomic mass is 9.85. The molecule has 0 unspecified atom stereocenters. The van der Waals surface area contributed by atoms with Crippen LogP contribution in [0.5, 0.6) is 0 Å². The molecule has 1 amide bonds. The third kappa shape index (κ3) is 5.51. The highest BCUT2D eigenvalue weighted by molar-refractivity contribution is 5.89. The van der Waals surface area contributed by atoms with Gasteiger partial charge in [-0.3, -0.25) is 14.4 Å². The fourth-order valence-corrected chi connectivity index (χ4v) is 6.09. The van der Waals surface area contributed by atoms with Crippen LogP contribution in [0.25, 0.3) is 22.3 Å². The maximum absolute atomic E-state index is 13.7. The Balaban J connectivity index is 1.22. The van der Waals surface area contributed by atoms with Gasteiger partial charge in [0.1, 0.15) is 12.6 Å². The molecular weight excluding hydrogens is 592 g/mol. The highest BCUT2D eigenvalue weighted by Gasteiger charge is 2.50. The number of carbonyl (C=O) groups is 4. The summed E-state index contributed by atoms with van der Waals surface area (Å²) in [6.45, 7) is 1.63. The van der Waals surface area contributed by atoms with Crippen LogP contribution in [-0.2, 0) is 53.8 Å². The Kier molecular flexibility index (Phi) is 8.13. The van der Waals surface area contributed by atoms with E-state index in [1.165, 1.54) is 0 Å². The summed E-state index contributed by atoms with van der Waals surface area (Å²) in [7, 11) is 0. The van der Waals surface area contributed by atoms with Crippen LogP contribution in [0.1, 0.15) is 48.4 Å². The molecule has 2 aliphatic rings. The number of para-hydroxylation sites is 1. The van der Waals surface area contributed by atoms with Gasteiger partial charge >= 0.3 is 17.9 Å². The topological polar surface area (TPSA) is 180 Å². The molecular formula is C34H32N4O8. The van der Waals surface area contributed by atoms with Gasteiger partial charge in [-0.2, -0.15) is 0 Å². The van der Waals surface area contributed by atoms with E-state index in [0.717, 1.165) is 22.0 Å². The Bertz CT molecular complexity index is 1940. The molecule has 0 saturated heterocycles. The number of pyridine rings is 2. The number of carboxylic acids is 1. The molecule has 0 saturated carbocycles. The lowest BCUT2D eigenvalue weighted by molar-refractivity contribution is -0.189. The first-order valence-electron chi connectivity index (χ1n) is 15.0. The lowest BCUT2D eigenvalue weighted by Gasteiger charge is -2.35. The number of nitrogens with one attached hydrogen (secondary N) is 1. The van der Waals surface area contributed by atoms with Gasteiger partial charge in [0.15, 0.2) is 0 Å². The van der Waals surface area contributed by atoms with E-state index in [1.54, 1.807) is 41.8 Å². The van der Waals surface area contributed by atoms with Crippen LogP contribution >= 0.6 is 0 Å². The highest BCUT2D eigenvalue weighted by atomic mass is 16.6. The van der Waals surface area contributed by atoms with Gasteiger partial charge in [0.2, 0.25) is 11.5 Å². The zero-order chi connectivity index (χ0) is 32.6. The van der Waals surface area contributed by atoms with Crippen molar-refractivity contribution in [2.24, 2.45) is 5.73 Å². The zero-order valence-electron chi connectivity index (χ0n) is 25.0. The van der Waals surface area contributed by atoms with Gasteiger partial charge in [-0.25, -0.2) is 14.6 Å². The number of rotatable bonds is 10.